The average molecular weight is 671 g/mol. The van der Waals surface area contributed by atoms with Gasteiger partial charge in [-0.1, -0.05) is 167 Å². The molecule has 246 valence electrons. The van der Waals surface area contributed by atoms with E-state index in [1.54, 1.807) is 15.9 Å². The number of hydrogen-bond donors (Lipinski definition) is 0. The monoisotopic (exact) mass is 670 g/mol. The molecular weight excluding hydrogens is 629 g/mol. The summed E-state index contributed by atoms with van der Waals surface area (Å²) in [4.78, 5) is 0. The number of rotatable bonds is 3. The molecule has 10 rings (SSSR count). The third kappa shape index (κ3) is 4.31. The second-order valence-electron chi connectivity index (χ2n) is 16.1. The fraction of sp³-hybridized carbons (Fsp3) is 0.160. The third-order valence-electron chi connectivity index (χ3n) is 12.5. The van der Waals surface area contributed by atoms with Crippen molar-refractivity contribution in [1.29, 1.82) is 0 Å². The van der Waals surface area contributed by atoms with E-state index in [4.69, 9.17) is 0 Å². The van der Waals surface area contributed by atoms with Crippen molar-refractivity contribution in [2.75, 3.05) is 0 Å². The highest BCUT2D eigenvalue weighted by Gasteiger charge is 2.41. The van der Waals surface area contributed by atoms with Gasteiger partial charge in [0.15, 0.2) is 0 Å². The highest BCUT2D eigenvalue weighted by Crippen LogP contribution is 2.53. The third-order valence-corrected chi connectivity index (χ3v) is 16.0. The van der Waals surface area contributed by atoms with Crippen molar-refractivity contribution in [2.24, 2.45) is 5.92 Å². The molecule has 0 saturated carbocycles. The molecule has 1 atom stereocenters. The van der Waals surface area contributed by atoms with Crippen molar-refractivity contribution in [2.45, 2.75) is 45.7 Å². The zero-order valence-electron chi connectivity index (χ0n) is 30.1. The maximum absolute atomic E-state index is 2.61. The molecule has 1 unspecified atom stereocenters. The van der Waals surface area contributed by atoms with E-state index in [1.807, 2.05) is 0 Å². The van der Waals surface area contributed by atoms with E-state index in [-0.39, 0.29) is 5.41 Å². The summed E-state index contributed by atoms with van der Waals surface area (Å²) in [5.74, 6) is 0.542. The molecule has 51 heavy (non-hydrogen) atoms. The maximum atomic E-state index is 2.61. The normalized spacial score (nSPS) is 17.8. The molecule has 0 nitrogen and oxygen atoms in total. The number of hydrogen-bond acceptors (Lipinski definition) is 0. The Morgan fingerprint density at radius 3 is 1.84 bits per heavy atom. The molecule has 7 aromatic carbocycles. The average Bonchev–Trinajstić information content (AvgIpc) is 3.52. The Morgan fingerprint density at radius 1 is 0.529 bits per heavy atom. The van der Waals surface area contributed by atoms with Crippen molar-refractivity contribution >= 4 is 45.6 Å². The van der Waals surface area contributed by atoms with E-state index < -0.39 is 8.07 Å². The number of fused-ring (bicyclic) bond motifs is 7. The van der Waals surface area contributed by atoms with Crippen molar-refractivity contribution < 1.29 is 0 Å². The van der Waals surface area contributed by atoms with E-state index in [1.165, 1.54) is 82.8 Å². The molecule has 2 aliphatic carbocycles. The van der Waals surface area contributed by atoms with Gasteiger partial charge in [-0.25, -0.2) is 0 Å². The van der Waals surface area contributed by atoms with Gasteiger partial charge in [-0.2, -0.15) is 0 Å². The molecule has 0 aromatic heterocycles. The molecule has 0 N–H and O–H groups in total. The molecule has 1 heteroatoms. The molecule has 0 saturated heterocycles. The van der Waals surface area contributed by atoms with Gasteiger partial charge in [0, 0.05) is 5.41 Å². The minimum Gasteiger partial charge on any atom is -0.0836 e. The van der Waals surface area contributed by atoms with Crippen LogP contribution in [0.25, 0.3) is 71.6 Å². The first-order chi connectivity index (χ1) is 24.7. The van der Waals surface area contributed by atoms with Crippen LogP contribution >= 0.6 is 0 Å². The zero-order chi connectivity index (χ0) is 34.6. The van der Waals surface area contributed by atoms with Gasteiger partial charge in [-0.15, -0.1) is 0 Å². The molecule has 0 spiro atoms. The molecule has 1 aliphatic heterocycles. The summed E-state index contributed by atoms with van der Waals surface area (Å²) in [5, 5.41) is 8.43. The van der Waals surface area contributed by atoms with Gasteiger partial charge in [0.05, 0.1) is 0 Å². The largest absolute Gasteiger partial charge is 0.113 e. The van der Waals surface area contributed by atoms with Gasteiger partial charge in [0.2, 0.25) is 0 Å². The first kappa shape index (κ1) is 30.6. The fourth-order valence-electron chi connectivity index (χ4n) is 9.86. The van der Waals surface area contributed by atoms with Gasteiger partial charge in [0.25, 0.3) is 0 Å². The molecule has 1 heterocycles. The summed E-state index contributed by atoms with van der Waals surface area (Å²) in [5.41, 5.74) is 16.6. The summed E-state index contributed by atoms with van der Waals surface area (Å²) < 4.78 is 0. The Morgan fingerprint density at radius 2 is 1.12 bits per heavy atom. The van der Waals surface area contributed by atoms with Gasteiger partial charge < -0.3 is 0 Å². The predicted octanol–water partition coefficient (Wildman–Crippen LogP) is 12.4. The van der Waals surface area contributed by atoms with Crippen molar-refractivity contribution in [3.8, 4) is 44.5 Å². The lowest BCUT2D eigenvalue weighted by Gasteiger charge is -2.26. The van der Waals surface area contributed by atoms with Crippen LogP contribution in [0.5, 0.6) is 0 Å². The number of allylic oxidation sites excluding steroid dienone is 4. The second-order valence-corrected chi connectivity index (χ2v) is 20.4. The van der Waals surface area contributed by atoms with Crippen LogP contribution in [-0.2, 0) is 5.41 Å². The summed E-state index contributed by atoms with van der Waals surface area (Å²) in [7, 11) is -2.02. The van der Waals surface area contributed by atoms with Crippen LogP contribution < -0.4 is 10.4 Å². The minimum atomic E-state index is -2.02. The Labute approximate surface area is 302 Å². The van der Waals surface area contributed by atoms with Crippen molar-refractivity contribution in [1.82, 2.24) is 0 Å². The lowest BCUT2D eigenvalue weighted by molar-refractivity contribution is 0.643. The van der Waals surface area contributed by atoms with E-state index in [0.29, 0.717) is 5.92 Å². The molecule has 0 amide bonds. The Kier molecular flexibility index (Phi) is 6.52. The van der Waals surface area contributed by atoms with Gasteiger partial charge in [-0.3, -0.25) is 0 Å². The van der Waals surface area contributed by atoms with Crippen LogP contribution in [0.2, 0.25) is 13.1 Å². The Bertz CT molecular complexity index is 2650. The van der Waals surface area contributed by atoms with Crippen LogP contribution in [0, 0.1) is 5.92 Å². The molecule has 0 fully saturated rings. The van der Waals surface area contributed by atoms with Gasteiger partial charge in [-0.05, 0) is 123 Å². The van der Waals surface area contributed by atoms with E-state index in [2.05, 4.69) is 179 Å². The summed E-state index contributed by atoms with van der Waals surface area (Å²) in [6, 6.07) is 50.9. The van der Waals surface area contributed by atoms with Crippen LogP contribution in [0.15, 0.2) is 151 Å². The van der Waals surface area contributed by atoms with E-state index >= 15 is 0 Å². The smallest absolute Gasteiger partial charge is 0.0836 e. The quantitative estimate of drug-likeness (QED) is 0.130. The SMILES string of the molecule is CC1CC=CC2=C1c1ccc(-c3c4ccccc4c(-c4ccccc4)c4cc5c(cc34)-c3ccc(-c4ccccc4)cc3[Si]5(C)C)cc1C2(C)C. The second kappa shape index (κ2) is 10.9. The van der Waals surface area contributed by atoms with E-state index in [9.17, 15) is 0 Å². The van der Waals surface area contributed by atoms with Crippen LogP contribution in [-0.4, -0.2) is 8.07 Å². The molecule has 7 aromatic rings. The first-order valence-electron chi connectivity index (χ1n) is 18.6. The number of benzene rings is 7. The Balaban J connectivity index is 1.28. The lowest BCUT2D eigenvalue weighted by atomic mass is 9.78. The van der Waals surface area contributed by atoms with Crippen LogP contribution in [0.1, 0.15) is 38.3 Å². The van der Waals surface area contributed by atoms with Crippen molar-refractivity contribution in [3.63, 3.8) is 0 Å². The minimum absolute atomic E-state index is 0.0340. The summed E-state index contributed by atoms with van der Waals surface area (Å²) in [6.07, 6.45) is 5.91. The van der Waals surface area contributed by atoms with Crippen molar-refractivity contribution in [3.05, 3.63) is 162 Å². The lowest BCUT2D eigenvalue weighted by Crippen LogP contribution is -2.49. The fourth-order valence-corrected chi connectivity index (χ4v) is 12.9. The summed E-state index contributed by atoms with van der Waals surface area (Å²) in [6.45, 7) is 12.3. The van der Waals surface area contributed by atoms with Crippen LogP contribution in [0.3, 0.4) is 0 Å². The first-order valence-corrected chi connectivity index (χ1v) is 21.6. The molecule has 3 aliphatic rings. The zero-order valence-corrected chi connectivity index (χ0v) is 31.1. The summed E-state index contributed by atoms with van der Waals surface area (Å²) >= 11 is 0. The molecule has 0 bridgehead atoms. The van der Waals surface area contributed by atoms with Gasteiger partial charge >= 0.3 is 0 Å². The predicted molar refractivity (Wildman–Crippen MR) is 223 cm³/mol. The van der Waals surface area contributed by atoms with E-state index in [0.717, 1.165) is 6.42 Å². The molecular formula is C50H42Si. The molecule has 0 radical (unpaired) electrons. The maximum Gasteiger partial charge on any atom is 0.113 e. The highest BCUT2D eigenvalue weighted by atomic mass is 28.3. The van der Waals surface area contributed by atoms with Gasteiger partial charge in [0.1, 0.15) is 8.07 Å². The Hall–Kier alpha value is -5.24. The standard InChI is InChI=1S/C50H42Si/c1-31-15-14-22-43-47(31)39-26-24-35(27-44(39)50(43,2)3)49-38-21-13-12-20-37(38)48(33-18-10-7-11-19-33)42-30-46-40(29-41(42)49)36-25-23-34(28-45(36)51(46,4)5)32-16-8-6-9-17-32/h6-14,16-31H,15H2,1-5H3. The van der Waals surface area contributed by atoms with Crippen LogP contribution in [0.4, 0.5) is 0 Å². The highest BCUT2D eigenvalue weighted by molar-refractivity contribution is 7.04. The topological polar surface area (TPSA) is 0 Å².